The van der Waals surface area contributed by atoms with Crippen LogP contribution in [-0.4, -0.2) is 24.0 Å². The highest BCUT2D eigenvalue weighted by Crippen LogP contribution is 2.27. The van der Waals surface area contributed by atoms with Crippen LogP contribution in [0.4, 0.5) is 0 Å². The fourth-order valence-electron chi connectivity index (χ4n) is 3.03. The van der Waals surface area contributed by atoms with Crippen LogP contribution in [0.25, 0.3) is 11.0 Å². The van der Waals surface area contributed by atoms with Gasteiger partial charge in [-0.3, -0.25) is 4.90 Å². The van der Waals surface area contributed by atoms with Crippen molar-refractivity contribution in [1.29, 1.82) is 0 Å². The van der Waals surface area contributed by atoms with Gasteiger partial charge in [-0.25, -0.2) is 0 Å². The number of hydrogen-bond acceptors (Lipinski definition) is 3. The smallest absolute Gasteiger partial charge is 0.134 e. The molecule has 1 fully saturated rings. The molecule has 3 heteroatoms. The van der Waals surface area contributed by atoms with E-state index in [1.807, 2.05) is 12.1 Å². The Hall–Kier alpha value is -1.32. The highest BCUT2D eigenvalue weighted by Gasteiger charge is 2.24. The van der Waals surface area contributed by atoms with Crippen LogP contribution < -0.4 is 5.73 Å². The molecule has 19 heavy (non-hydrogen) atoms. The number of rotatable bonds is 2. The second-order valence-electron chi connectivity index (χ2n) is 5.80. The lowest BCUT2D eigenvalue weighted by Crippen LogP contribution is -2.45. The lowest BCUT2D eigenvalue weighted by Gasteiger charge is -2.35. The van der Waals surface area contributed by atoms with Crippen molar-refractivity contribution < 1.29 is 4.42 Å². The molecular weight excluding hydrogens is 236 g/mol. The van der Waals surface area contributed by atoms with Gasteiger partial charge in [-0.15, -0.1) is 0 Å². The Morgan fingerprint density at radius 3 is 2.95 bits per heavy atom. The standard InChI is InChI=1S/C16H22N2O/c1-11-9-18(8-7-15(11)17)10-14-12(2)19-16-6-4-3-5-13(14)16/h3-6,11,15H,7-10,17H2,1-2H3. The van der Waals surface area contributed by atoms with Gasteiger partial charge in [-0.2, -0.15) is 0 Å². The van der Waals surface area contributed by atoms with Gasteiger partial charge in [0.15, 0.2) is 0 Å². The van der Waals surface area contributed by atoms with Gasteiger partial charge < -0.3 is 10.2 Å². The van der Waals surface area contributed by atoms with Crippen LogP contribution in [0.15, 0.2) is 28.7 Å². The van der Waals surface area contributed by atoms with E-state index in [0.717, 1.165) is 37.4 Å². The number of likely N-dealkylation sites (tertiary alicyclic amines) is 1. The van der Waals surface area contributed by atoms with Crippen LogP contribution in [0.2, 0.25) is 0 Å². The summed E-state index contributed by atoms with van der Waals surface area (Å²) in [6.07, 6.45) is 1.09. The molecule has 0 radical (unpaired) electrons. The first-order chi connectivity index (χ1) is 9.15. The van der Waals surface area contributed by atoms with Gasteiger partial charge in [0.2, 0.25) is 0 Å². The second kappa shape index (κ2) is 4.99. The Labute approximate surface area is 114 Å². The van der Waals surface area contributed by atoms with Crippen LogP contribution in [0, 0.1) is 12.8 Å². The second-order valence-corrected chi connectivity index (χ2v) is 5.80. The summed E-state index contributed by atoms with van der Waals surface area (Å²) in [6.45, 7) is 7.45. The molecule has 1 aliphatic rings. The van der Waals surface area contributed by atoms with Gasteiger partial charge in [-0.1, -0.05) is 25.1 Å². The van der Waals surface area contributed by atoms with E-state index in [4.69, 9.17) is 10.2 Å². The first-order valence-corrected chi connectivity index (χ1v) is 7.10. The third-order valence-corrected chi connectivity index (χ3v) is 4.34. The monoisotopic (exact) mass is 258 g/mol. The number of fused-ring (bicyclic) bond motifs is 1. The summed E-state index contributed by atoms with van der Waals surface area (Å²) in [5.41, 5.74) is 8.42. The molecule has 2 aromatic rings. The summed E-state index contributed by atoms with van der Waals surface area (Å²) >= 11 is 0. The molecule has 3 rings (SSSR count). The lowest BCUT2D eigenvalue weighted by atomic mass is 9.94. The molecule has 1 saturated heterocycles. The van der Waals surface area contributed by atoms with Crippen molar-refractivity contribution in [2.24, 2.45) is 11.7 Å². The van der Waals surface area contributed by atoms with Crippen molar-refractivity contribution in [3.63, 3.8) is 0 Å². The molecule has 1 aliphatic heterocycles. The molecule has 2 N–H and O–H groups in total. The fourth-order valence-corrected chi connectivity index (χ4v) is 3.03. The number of para-hydroxylation sites is 1. The molecule has 1 aromatic carbocycles. The number of hydrogen-bond donors (Lipinski definition) is 1. The Kier molecular flexibility index (Phi) is 3.33. The third kappa shape index (κ3) is 2.40. The summed E-state index contributed by atoms with van der Waals surface area (Å²) < 4.78 is 5.84. The highest BCUT2D eigenvalue weighted by atomic mass is 16.3. The molecule has 2 unspecified atom stereocenters. The van der Waals surface area contributed by atoms with Crippen LogP contribution in [0.5, 0.6) is 0 Å². The minimum Gasteiger partial charge on any atom is -0.461 e. The number of nitrogens with two attached hydrogens (primary N) is 1. The first-order valence-electron chi connectivity index (χ1n) is 7.10. The maximum absolute atomic E-state index is 6.09. The number of piperidine rings is 1. The maximum atomic E-state index is 6.09. The van der Waals surface area contributed by atoms with E-state index in [1.165, 1.54) is 10.9 Å². The largest absolute Gasteiger partial charge is 0.461 e. The molecule has 2 atom stereocenters. The average molecular weight is 258 g/mol. The molecular formula is C16H22N2O. The Morgan fingerprint density at radius 1 is 1.37 bits per heavy atom. The summed E-state index contributed by atoms with van der Waals surface area (Å²) in [5, 5.41) is 1.25. The van der Waals surface area contributed by atoms with Gasteiger partial charge in [0.1, 0.15) is 11.3 Å². The van der Waals surface area contributed by atoms with Crippen LogP contribution >= 0.6 is 0 Å². The number of benzene rings is 1. The zero-order valence-corrected chi connectivity index (χ0v) is 11.7. The Bertz CT molecular complexity index is 575. The topological polar surface area (TPSA) is 42.4 Å². The van der Waals surface area contributed by atoms with Crippen molar-refractivity contribution >= 4 is 11.0 Å². The SMILES string of the molecule is Cc1oc2ccccc2c1CN1CCC(N)C(C)C1. The van der Waals surface area contributed by atoms with Crippen molar-refractivity contribution in [3.8, 4) is 0 Å². The van der Waals surface area contributed by atoms with Crippen molar-refractivity contribution in [2.75, 3.05) is 13.1 Å². The molecule has 0 spiro atoms. The van der Waals surface area contributed by atoms with Gasteiger partial charge in [-0.05, 0) is 31.9 Å². The van der Waals surface area contributed by atoms with Crippen LogP contribution in [-0.2, 0) is 6.54 Å². The fraction of sp³-hybridized carbons (Fsp3) is 0.500. The predicted octanol–water partition coefficient (Wildman–Crippen LogP) is 2.91. The summed E-state index contributed by atoms with van der Waals surface area (Å²) in [6, 6.07) is 8.66. The van der Waals surface area contributed by atoms with E-state index < -0.39 is 0 Å². The summed E-state index contributed by atoms with van der Waals surface area (Å²) in [7, 11) is 0. The van der Waals surface area contributed by atoms with Crippen LogP contribution in [0.1, 0.15) is 24.7 Å². The summed E-state index contributed by atoms with van der Waals surface area (Å²) in [4.78, 5) is 2.50. The zero-order chi connectivity index (χ0) is 13.4. The van der Waals surface area contributed by atoms with E-state index in [1.54, 1.807) is 0 Å². The molecule has 0 aliphatic carbocycles. The predicted molar refractivity (Wildman–Crippen MR) is 78.0 cm³/mol. The van der Waals surface area contributed by atoms with E-state index in [0.29, 0.717) is 12.0 Å². The molecule has 2 heterocycles. The van der Waals surface area contributed by atoms with Crippen LogP contribution in [0.3, 0.4) is 0 Å². The highest BCUT2D eigenvalue weighted by molar-refractivity contribution is 5.82. The van der Waals surface area contributed by atoms with Crippen molar-refractivity contribution in [1.82, 2.24) is 4.90 Å². The van der Waals surface area contributed by atoms with Gasteiger partial charge >= 0.3 is 0 Å². The Morgan fingerprint density at radius 2 is 2.16 bits per heavy atom. The van der Waals surface area contributed by atoms with E-state index in [2.05, 4.69) is 30.9 Å². The zero-order valence-electron chi connectivity index (χ0n) is 11.7. The number of aryl methyl sites for hydroxylation is 1. The average Bonchev–Trinajstić information content (AvgIpc) is 2.71. The molecule has 0 saturated carbocycles. The van der Waals surface area contributed by atoms with Gasteiger partial charge in [0.25, 0.3) is 0 Å². The van der Waals surface area contributed by atoms with E-state index in [-0.39, 0.29) is 0 Å². The first kappa shape index (κ1) is 12.7. The molecule has 102 valence electrons. The van der Waals surface area contributed by atoms with E-state index >= 15 is 0 Å². The lowest BCUT2D eigenvalue weighted by molar-refractivity contribution is 0.157. The van der Waals surface area contributed by atoms with Crippen molar-refractivity contribution in [2.45, 2.75) is 32.9 Å². The summed E-state index contributed by atoms with van der Waals surface area (Å²) in [5.74, 6) is 1.62. The van der Waals surface area contributed by atoms with E-state index in [9.17, 15) is 0 Å². The third-order valence-electron chi connectivity index (χ3n) is 4.34. The maximum Gasteiger partial charge on any atom is 0.134 e. The molecule has 1 aromatic heterocycles. The minimum atomic E-state index is 0.360. The molecule has 3 nitrogen and oxygen atoms in total. The molecule has 0 amide bonds. The number of furan rings is 1. The normalized spacial score (nSPS) is 25.0. The minimum absolute atomic E-state index is 0.360. The van der Waals surface area contributed by atoms with Gasteiger partial charge in [0.05, 0.1) is 0 Å². The number of nitrogens with zero attached hydrogens (tertiary/aromatic N) is 1. The quantitative estimate of drug-likeness (QED) is 0.900. The molecule has 0 bridgehead atoms. The van der Waals surface area contributed by atoms with Gasteiger partial charge in [0, 0.05) is 30.1 Å². The Balaban J connectivity index is 1.83. The van der Waals surface area contributed by atoms with Crippen molar-refractivity contribution in [3.05, 3.63) is 35.6 Å².